The molecule has 0 radical (unpaired) electrons. The van der Waals surface area contributed by atoms with Crippen LogP contribution in [0.1, 0.15) is 104 Å². The van der Waals surface area contributed by atoms with Crippen molar-refractivity contribution >= 4 is 13.6 Å². The molecule has 0 aromatic rings. The largest absolute Gasteiger partial charge is 0.585 e. The van der Waals surface area contributed by atoms with Gasteiger partial charge in [-0.25, -0.2) is 4.79 Å². The minimum Gasteiger partial charge on any atom is -0.236 e. The van der Waals surface area contributed by atoms with Crippen molar-refractivity contribution in [3.05, 3.63) is 12.2 Å². The lowest BCUT2D eigenvalue weighted by Crippen LogP contribution is -2.09. The Morgan fingerprint density at radius 1 is 0.875 bits per heavy atom. The predicted octanol–water partition coefficient (Wildman–Crippen LogP) is 6.92. The molecule has 24 heavy (non-hydrogen) atoms. The van der Waals surface area contributed by atoms with Gasteiger partial charge in [-0.2, -0.15) is 4.89 Å². The first-order chi connectivity index (χ1) is 11.6. The minimum absolute atomic E-state index is 0.226. The lowest BCUT2D eigenvalue weighted by atomic mass is 9.99. The number of unbranched alkanes of at least 4 members (excludes halogenated alkanes) is 10. The maximum Gasteiger partial charge on any atom is 0.585 e. The van der Waals surface area contributed by atoms with Gasteiger partial charge in [0.15, 0.2) is 0 Å². The second-order valence-electron chi connectivity index (χ2n) is 6.74. The van der Waals surface area contributed by atoms with Gasteiger partial charge in [0.2, 0.25) is 0 Å². The van der Waals surface area contributed by atoms with Gasteiger partial charge >= 0.3 is 13.6 Å². The van der Waals surface area contributed by atoms with Crippen molar-refractivity contribution in [2.24, 2.45) is 5.92 Å². The molecule has 1 N–H and O–H groups in total. The summed E-state index contributed by atoms with van der Waals surface area (Å²) in [6, 6.07) is 0. The predicted molar refractivity (Wildman–Crippen MR) is 103 cm³/mol. The fourth-order valence-corrected chi connectivity index (χ4v) is 3.57. The van der Waals surface area contributed by atoms with E-state index in [1.165, 1.54) is 57.8 Å². The molecule has 4 heteroatoms. The summed E-state index contributed by atoms with van der Waals surface area (Å²) in [5.74, 6) is -0.226. The number of hydrogen-bond donors (Lipinski definition) is 1. The van der Waals surface area contributed by atoms with Gasteiger partial charge in [-0.3, -0.25) is 0 Å². The number of carbonyl (C=O) groups excluding carboxylic acids is 1. The summed E-state index contributed by atoms with van der Waals surface area (Å²) in [4.78, 5) is 20.4. The molecule has 3 nitrogen and oxygen atoms in total. The third-order valence-electron chi connectivity index (χ3n) is 4.59. The van der Waals surface area contributed by atoms with Crippen LogP contribution in [-0.2, 0) is 9.36 Å². The van der Waals surface area contributed by atoms with Crippen LogP contribution < -0.4 is 0 Å². The summed E-state index contributed by atoms with van der Waals surface area (Å²) in [6.45, 7) is 4.16. The highest BCUT2D eigenvalue weighted by Crippen LogP contribution is 2.27. The Balaban J connectivity index is 3.42. The zero-order valence-electron chi connectivity index (χ0n) is 15.8. The minimum atomic E-state index is -2.65. The Morgan fingerprint density at radius 3 is 1.88 bits per heavy atom. The zero-order valence-corrected chi connectivity index (χ0v) is 16.7. The van der Waals surface area contributed by atoms with E-state index in [9.17, 15) is 9.36 Å². The molecule has 0 aromatic carbocycles. The monoisotopic (exact) mass is 357 g/mol. The Bertz CT molecular complexity index is 353. The van der Waals surface area contributed by atoms with E-state index in [4.69, 9.17) is 4.89 Å². The van der Waals surface area contributed by atoms with Crippen molar-refractivity contribution < 1.29 is 14.3 Å². The molecule has 140 valence electrons. The van der Waals surface area contributed by atoms with Crippen molar-refractivity contribution in [3.63, 3.8) is 0 Å². The van der Waals surface area contributed by atoms with E-state index in [0.717, 1.165) is 25.7 Å². The highest BCUT2D eigenvalue weighted by atomic mass is 31.1. The molecule has 0 rings (SSSR count). The first-order valence-corrected chi connectivity index (χ1v) is 11.2. The molecular formula is C20H38O3P+. The van der Waals surface area contributed by atoms with E-state index in [-0.39, 0.29) is 5.92 Å². The summed E-state index contributed by atoms with van der Waals surface area (Å²) in [5.41, 5.74) is -0.467. The SMILES string of the molecule is CCCCCCCC/C=C\CCCCCCC(CC)C(=O)[P+](=O)O. The normalized spacial score (nSPS) is 13.4. The number of allylic oxidation sites excluding steroid dienone is 2. The maximum atomic E-state index is 11.5. The van der Waals surface area contributed by atoms with E-state index in [1.807, 2.05) is 6.92 Å². The van der Waals surface area contributed by atoms with Gasteiger partial charge in [0.25, 0.3) is 0 Å². The van der Waals surface area contributed by atoms with Crippen molar-refractivity contribution in [2.75, 3.05) is 0 Å². The number of hydrogen-bond acceptors (Lipinski definition) is 2. The average molecular weight is 357 g/mol. The molecule has 0 aliphatic heterocycles. The van der Waals surface area contributed by atoms with Crippen molar-refractivity contribution in [3.8, 4) is 0 Å². The van der Waals surface area contributed by atoms with Crippen LogP contribution in [0.4, 0.5) is 0 Å². The second kappa shape index (κ2) is 17.3. The molecule has 0 aliphatic carbocycles. The van der Waals surface area contributed by atoms with Gasteiger partial charge in [-0.05, 0) is 43.1 Å². The quantitative estimate of drug-likeness (QED) is 0.175. The molecule has 0 fully saturated rings. The lowest BCUT2D eigenvalue weighted by molar-refractivity contribution is -0.116. The highest BCUT2D eigenvalue weighted by molar-refractivity contribution is 7.58. The molecule has 0 bridgehead atoms. The Kier molecular flexibility index (Phi) is 16.9. The molecule has 0 saturated carbocycles. The van der Waals surface area contributed by atoms with E-state index in [1.54, 1.807) is 0 Å². The topological polar surface area (TPSA) is 54.4 Å². The highest BCUT2D eigenvalue weighted by Gasteiger charge is 2.33. The van der Waals surface area contributed by atoms with Crippen LogP contribution in [0.2, 0.25) is 0 Å². The lowest BCUT2D eigenvalue weighted by Gasteiger charge is -2.06. The summed E-state index contributed by atoms with van der Waals surface area (Å²) >= 11 is 0. The van der Waals surface area contributed by atoms with Gasteiger partial charge in [0.05, 0.1) is 5.92 Å². The van der Waals surface area contributed by atoms with Gasteiger partial charge < -0.3 is 0 Å². The van der Waals surface area contributed by atoms with E-state index < -0.39 is 13.6 Å². The number of carbonyl (C=O) groups is 1. The number of rotatable bonds is 17. The molecule has 2 atom stereocenters. The first kappa shape index (κ1) is 23.5. The Hall–Kier alpha value is -0.530. The average Bonchev–Trinajstić information content (AvgIpc) is 2.58. The Labute approximate surface area is 150 Å². The van der Waals surface area contributed by atoms with Crippen molar-refractivity contribution in [2.45, 2.75) is 104 Å². The van der Waals surface area contributed by atoms with Crippen LogP contribution in [-0.4, -0.2) is 10.4 Å². The standard InChI is InChI=1S/C20H37O3P/c1-3-5-6-7-8-9-10-11-12-13-14-15-16-17-18-19(4-2)20(21)24(22)23/h11-12,19H,3-10,13-18H2,1-2H3/p+1/b12-11-. The van der Waals surface area contributed by atoms with Crippen LogP contribution in [0.15, 0.2) is 12.2 Å². The van der Waals surface area contributed by atoms with Crippen LogP contribution in [0.25, 0.3) is 0 Å². The Morgan fingerprint density at radius 2 is 1.38 bits per heavy atom. The summed E-state index contributed by atoms with van der Waals surface area (Å²) < 4.78 is 10.8. The van der Waals surface area contributed by atoms with Gasteiger partial charge in [0.1, 0.15) is 0 Å². The second-order valence-corrected chi connectivity index (χ2v) is 7.72. The molecule has 0 amide bonds. The van der Waals surface area contributed by atoms with E-state index in [2.05, 4.69) is 19.1 Å². The molecule has 0 aromatic heterocycles. The summed E-state index contributed by atoms with van der Waals surface area (Å²) in [7, 11) is -2.65. The molecule has 0 spiro atoms. The van der Waals surface area contributed by atoms with E-state index >= 15 is 0 Å². The maximum absolute atomic E-state index is 11.5. The third-order valence-corrected chi connectivity index (χ3v) is 5.34. The van der Waals surface area contributed by atoms with Crippen LogP contribution in [0, 0.1) is 5.92 Å². The zero-order chi connectivity index (χ0) is 18.0. The first-order valence-electron chi connectivity index (χ1n) is 9.98. The van der Waals surface area contributed by atoms with Crippen LogP contribution in [0.5, 0.6) is 0 Å². The molecule has 2 unspecified atom stereocenters. The summed E-state index contributed by atoms with van der Waals surface area (Å²) in [5, 5.41) is 0. The molecular weight excluding hydrogens is 319 g/mol. The van der Waals surface area contributed by atoms with Crippen LogP contribution >= 0.6 is 8.03 Å². The summed E-state index contributed by atoms with van der Waals surface area (Å²) in [6.07, 6.45) is 21.0. The van der Waals surface area contributed by atoms with Crippen LogP contribution in [0.3, 0.4) is 0 Å². The molecule has 0 heterocycles. The molecule has 0 aliphatic rings. The van der Waals surface area contributed by atoms with E-state index in [0.29, 0.717) is 6.42 Å². The smallest absolute Gasteiger partial charge is 0.236 e. The molecule has 0 saturated heterocycles. The van der Waals surface area contributed by atoms with Gasteiger partial charge in [-0.1, -0.05) is 77.4 Å². The third kappa shape index (κ3) is 13.9. The fraction of sp³-hybridized carbons (Fsp3) is 0.850. The van der Waals surface area contributed by atoms with Crippen molar-refractivity contribution in [1.29, 1.82) is 0 Å². The van der Waals surface area contributed by atoms with Gasteiger partial charge in [-0.15, -0.1) is 0 Å². The van der Waals surface area contributed by atoms with Crippen molar-refractivity contribution in [1.82, 2.24) is 0 Å². The van der Waals surface area contributed by atoms with Gasteiger partial charge in [0, 0.05) is 0 Å². The fourth-order valence-electron chi connectivity index (χ4n) is 2.94.